The van der Waals surface area contributed by atoms with Crippen LogP contribution in [0.15, 0.2) is 36.9 Å². The van der Waals surface area contributed by atoms with Gasteiger partial charge in [0, 0.05) is 18.2 Å². The van der Waals surface area contributed by atoms with Crippen LogP contribution in [0, 0.1) is 0 Å². The number of hydrogen-bond donors (Lipinski definition) is 1. The van der Waals surface area contributed by atoms with Gasteiger partial charge in [-0.25, -0.2) is 0 Å². The van der Waals surface area contributed by atoms with Gasteiger partial charge in [0.15, 0.2) is 0 Å². The summed E-state index contributed by atoms with van der Waals surface area (Å²) in [6, 6.07) is 8.32. The third-order valence-electron chi connectivity index (χ3n) is 2.17. The van der Waals surface area contributed by atoms with Gasteiger partial charge in [-0.15, -0.1) is 6.58 Å². The van der Waals surface area contributed by atoms with Gasteiger partial charge in [-0.2, -0.15) is 0 Å². The van der Waals surface area contributed by atoms with Gasteiger partial charge in [0.1, 0.15) is 5.75 Å². The lowest BCUT2D eigenvalue weighted by atomic mass is 10.1. The first-order valence-electron chi connectivity index (χ1n) is 4.76. The maximum absolute atomic E-state index is 5.28. The third kappa shape index (κ3) is 2.60. The molecule has 1 aromatic rings. The zero-order valence-corrected chi connectivity index (χ0v) is 8.79. The van der Waals surface area contributed by atoms with Crippen LogP contribution in [0.4, 0.5) is 0 Å². The van der Waals surface area contributed by atoms with Crippen molar-refractivity contribution in [3.8, 4) is 5.75 Å². The van der Waals surface area contributed by atoms with E-state index in [4.69, 9.17) is 4.74 Å². The van der Waals surface area contributed by atoms with Gasteiger partial charge >= 0.3 is 0 Å². The summed E-state index contributed by atoms with van der Waals surface area (Å²) >= 11 is 0. The van der Waals surface area contributed by atoms with Crippen molar-refractivity contribution in [1.29, 1.82) is 0 Å². The molecule has 2 heteroatoms. The standard InChI is InChI=1S/C12H17NO/c1-4-9-13-10(2)11-7-5-6-8-12(11)14-3/h4-8,10,13H,1,9H2,2-3H3/t10-/m0/s1. The molecule has 1 rings (SSSR count). The highest BCUT2D eigenvalue weighted by molar-refractivity contribution is 5.35. The van der Waals surface area contributed by atoms with E-state index in [9.17, 15) is 0 Å². The van der Waals surface area contributed by atoms with Crippen LogP contribution in [0.1, 0.15) is 18.5 Å². The molecule has 0 aromatic heterocycles. The lowest BCUT2D eigenvalue weighted by Gasteiger charge is -2.15. The molecule has 14 heavy (non-hydrogen) atoms. The Morgan fingerprint density at radius 3 is 2.86 bits per heavy atom. The van der Waals surface area contributed by atoms with Crippen molar-refractivity contribution < 1.29 is 4.74 Å². The van der Waals surface area contributed by atoms with E-state index in [0.29, 0.717) is 0 Å². The van der Waals surface area contributed by atoms with Crippen molar-refractivity contribution in [3.05, 3.63) is 42.5 Å². The summed E-state index contributed by atoms with van der Waals surface area (Å²) in [7, 11) is 1.69. The predicted molar refractivity (Wildman–Crippen MR) is 59.6 cm³/mol. The van der Waals surface area contributed by atoms with Gasteiger partial charge in [0.25, 0.3) is 0 Å². The number of nitrogens with one attached hydrogen (secondary N) is 1. The topological polar surface area (TPSA) is 21.3 Å². The third-order valence-corrected chi connectivity index (χ3v) is 2.17. The average molecular weight is 191 g/mol. The van der Waals surface area contributed by atoms with E-state index in [2.05, 4.69) is 24.9 Å². The highest BCUT2D eigenvalue weighted by Gasteiger charge is 2.08. The highest BCUT2D eigenvalue weighted by Crippen LogP contribution is 2.23. The Morgan fingerprint density at radius 1 is 1.50 bits per heavy atom. The molecule has 0 saturated heterocycles. The Balaban J connectivity index is 2.77. The number of benzene rings is 1. The Hall–Kier alpha value is -1.28. The van der Waals surface area contributed by atoms with Crippen LogP contribution in [0.2, 0.25) is 0 Å². The first kappa shape index (κ1) is 10.8. The van der Waals surface area contributed by atoms with E-state index < -0.39 is 0 Å². The smallest absolute Gasteiger partial charge is 0.123 e. The summed E-state index contributed by atoms with van der Waals surface area (Å²) in [5.74, 6) is 0.927. The highest BCUT2D eigenvalue weighted by atomic mass is 16.5. The summed E-state index contributed by atoms with van der Waals surface area (Å²) in [6.45, 7) is 6.59. The van der Waals surface area contributed by atoms with Crippen LogP contribution >= 0.6 is 0 Å². The summed E-state index contributed by atoms with van der Waals surface area (Å²) in [6.07, 6.45) is 1.85. The molecule has 1 aromatic carbocycles. The van der Waals surface area contributed by atoms with Crippen molar-refractivity contribution in [2.24, 2.45) is 0 Å². The monoisotopic (exact) mass is 191 g/mol. The minimum Gasteiger partial charge on any atom is -0.496 e. The molecular weight excluding hydrogens is 174 g/mol. The lowest BCUT2D eigenvalue weighted by Crippen LogP contribution is -2.18. The summed E-state index contributed by atoms with van der Waals surface area (Å²) in [5, 5.41) is 3.33. The molecule has 0 saturated carbocycles. The van der Waals surface area contributed by atoms with E-state index in [1.807, 2.05) is 24.3 Å². The Bertz CT molecular complexity index is 296. The van der Waals surface area contributed by atoms with Gasteiger partial charge in [-0.3, -0.25) is 0 Å². The van der Waals surface area contributed by atoms with E-state index >= 15 is 0 Å². The van der Waals surface area contributed by atoms with Crippen LogP contribution in [-0.4, -0.2) is 13.7 Å². The Morgan fingerprint density at radius 2 is 2.21 bits per heavy atom. The first-order chi connectivity index (χ1) is 6.79. The van der Waals surface area contributed by atoms with Crippen LogP contribution in [-0.2, 0) is 0 Å². The average Bonchev–Trinajstić information content (AvgIpc) is 2.25. The second kappa shape index (κ2) is 5.45. The second-order valence-electron chi connectivity index (χ2n) is 3.16. The number of hydrogen-bond acceptors (Lipinski definition) is 2. The molecule has 0 bridgehead atoms. The maximum Gasteiger partial charge on any atom is 0.123 e. The molecule has 76 valence electrons. The maximum atomic E-state index is 5.28. The number of para-hydroxylation sites is 1. The molecule has 0 aliphatic heterocycles. The molecule has 0 amide bonds. The molecule has 0 heterocycles. The zero-order valence-electron chi connectivity index (χ0n) is 8.79. The van der Waals surface area contributed by atoms with Gasteiger partial charge in [-0.05, 0) is 13.0 Å². The lowest BCUT2D eigenvalue weighted by molar-refractivity contribution is 0.403. The fourth-order valence-electron chi connectivity index (χ4n) is 1.39. The van der Waals surface area contributed by atoms with Crippen molar-refractivity contribution in [2.45, 2.75) is 13.0 Å². The van der Waals surface area contributed by atoms with E-state index in [0.717, 1.165) is 12.3 Å². The Labute approximate surface area is 85.6 Å². The number of methoxy groups -OCH3 is 1. The number of rotatable bonds is 5. The van der Waals surface area contributed by atoms with Gasteiger partial charge in [-0.1, -0.05) is 24.3 Å². The van der Waals surface area contributed by atoms with Crippen LogP contribution in [0.5, 0.6) is 5.75 Å². The molecular formula is C12H17NO. The molecule has 0 fully saturated rings. The first-order valence-corrected chi connectivity index (χ1v) is 4.76. The van der Waals surface area contributed by atoms with Crippen molar-refractivity contribution >= 4 is 0 Å². The quantitative estimate of drug-likeness (QED) is 0.722. The molecule has 0 unspecified atom stereocenters. The van der Waals surface area contributed by atoms with Crippen LogP contribution in [0.3, 0.4) is 0 Å². The van der Waals surface area contributed by atoms with E-state index in [1.54, 1.807) is 7.11 Å². The molecule has 0 spiro atoms. The minimum absolute atomic E-state index is 0.282. The normalized spacial score (nSPS) is 12.1. The predicted octanol–water partition coefficient (Wildman–Crippen LogP) is 2.53. The van der Waals surface area contributed by atoms with Crippen molar-refractivity contribution in [3.63, 3.8) is 0 Å². The minimum atomic E-state index is 0.282. The van der Waals surface area contributed by atoms with E-state index in [1.165, 1.54) is 5.56 Å². The van der Waals surface area contributed by atoms with Crippen molar-refractivity contribution in [2.75, 3.05) is 13.7 Å². The van der Waals surface area contributed by atoms with Gasteiger partial charge in [0.2, 0.25) is 0 Å². The fraction of sp³-hybridized carbons (Fsp3) is 0.333. The largest absolute Gasteiger partial charge is 0.496 e. The van der Waals surface area contributed by atoms with E-state index in [-0.39, 0.29) is 6.04 Å². The summed E-state index contributed by atoms with van der Waals surface area (Å²) in [5.41, 5.74) is 1.18. The van der Waals surface area contributed by atoms with Gasteiger partial charge in [0.05, 0.1) is 7.11 Å². The summed E-state index contributed by atoms with van der Waals surface area (Å²) in [4.78, 5) is 0. The fourth-order valence-corrected chi connectivity index (χ4v) is 1.39. The van der Waals surface area contributed by atoms with Gasteiger partial charge < -0.3 is 10.1 Å². The van der Waals surface area contributed by atoms with Crippen molar-refractivity contribution in [1.82, 2.24) is 5.32 Å². The zero-order chi connectivity index (χ0) is 10.4. The molecule has 0 radical (unpaired) electrons. The second-order valence-corrected chi connectivity index (χ2v) is 3.16. The molecule has 1 N–H and O–H groups in total. The van der Waals surface area contributed by atoms with Crippen LogP contribution in [0.25, 0.3) is 0 Å². The summed E-state index contributed by atoms with van der Waals surface area (Å²) < 4.78 is 5.28. The molecule has 0 aliphatic carbocycles. The Kier molecular flexibility index (Phi) is 4.20. The SMILES string of the molecule is C=CCN[C@@H](C)c1ccccc1OC. The van der Waals surface area contributed by atoms with Crippen LogP contribution < -0.4 is 10.1 Å². The number of ether oxygens (including phenoxy) is 1. The molecule has 1 atom stereocenters. The molecule has 2 nitrogen and oxygen atoms in total. The molecule has 0 aliphatic rings.